The zero-order valence-corrected chi connectivity index (χ0v) is 21.4. The molecule has 0 radical (unpaired) electrons. The minimum Gasteiger partial charge on any atom is -0.264 e. The van der Waals surface area contributed by atoms with Crippen LogP contribution in [-0.4, -0.2) is 46.0 Å². The molecule has 190 valence electrons. The zero-order chi connectivity index (χ0) is 26.6. The molecule has 36 heavy (non-hydrogen) atoms. The maximum atomic E-state index is 14.8. The van der Waals surface area contributed by atoms with Gasteiger partial charge in [0, 0.05) is 30.1 Å². The van der Waals surface area contributed by atoms with Crippen LogP contribution in [0.25, 0.3) is 17.1 Å². The summed E-state index contributed by atoms with van der Waals surface area (Å²) in [7, 11) is -4.16. The molecule has 0 bridgehead atoms. The van der Waals surface area contributed by atoms with Crippen molar-refractivity contribution in [2.24, 2.45) is 15.9 Å². The fourth-order valence-corrected chi connectivity index (χ4v) is 4.56. The van der Waals surface area contributed by atoms with Crippen LogP contribution < -0.4 is 4.72 Å². The van der Waals surface area contributed by atoms with Crippen molar-refractivity contribution in [1.82, 2.24) is 19.7 Å². The van der Waals surface area contributed by atoms with Gasteiger partial charge in [0.05, 0.1) is 5.25 Å². The number of amidine groups is 1. The number of hydrogen-bond donors (Lipinski definition) is 1. The molecule has 2 aromatic heterocycles. The van der Waals surface area contributed by atoms with Crippen molar-refractivity contribution in [3.63, 3.8) is 0 Å². The number of nitrogens with zero attached hydrogens (tertiary/aromatic N) is 6. The van der Waals surface area contributed by atoms with Gasteiger partial charge in [-0.2, -0.15) is 0 Å². The summed E-state index contributed by atoms with van der Waals surface area (Å²) in [6.07, 6.45) is 4.60. The highest BCUT2D eigenvalue weighted by atomic mass is 32.2. The molecule has 1 N–H and O–H groups in total. The Labute approximate surface area is 208 Å². The minimum atomic E-state index is -4.16. The van der Waals surface area contributed by atoms with Crippen LogP contribution in [0.4, 0.5) is 14.7 Å². The highest BCUT2D eigenvalue weighted by Crippen LogP contribution is 2.30. The molecule has 0 saturated carbocycles. The van der Waals surface area contributed by atoms with Crippen LogP contribution in [-0.2, 0) is 10.0 Å². The number of hydrogen-bond acceptors (Lipinski definition) is 6. The molecule has 9 nitrogen and oxygen atoms in total. The minimum absolute atomic E-state index is 0.00664. The lowest BCUT2D eigenvalue weighted by atomic mass is 10.1. The van der Waals surface area contributed by atoms with Gasteiger partial charge in [0.1, 0.15) is 23.2 Å². The predicted molar refractivity (Wildman–Crippen MR) is 137 cm³/mol. The Morgan fingerprint density at radius 1 is 1.17 bits per heavy atom. The molecule has 0 unspecified atom stereocenters. The summed E-state index contributed by atoms with van der Waals surface area (Å²) in [5.74, 6) is -2.67. The van der Waals surface area contributed by atoms with E-state index in [9.17, 15) is 17.2 Å². The molecule has 0 aliphatic heterocycles. The van der Waals surface area contributed by atoms with Crippen molar-refractivity contribution in [3.05, 3.63) is 65.6 Å². The molecule has 0 amide bonds. The van der Waals surface area contributed by atoms with E-state index in [1.54, 1.807) is 32.3 Å². The van der Waals surface area contributed by atoms with Crippen LogP contribution >= 0.6 is 0 Å². The van der Waals surface area contributed by atoms with E-state index >= 15 is 0 Å². The standard InChI is InChI=1S/C24H27F2N7O2S/c1-14(2)11-29-22(27-6)16(4)17(5)36(34,35)32-24-31-30-23(18-10-15(3)12-28-13-18)33(24)21-19(25)8-7-9-20(21)26/h7-13,16-17H,6H2,1-5H3,(H,31,32)/t16-,17-/m0/s1. The molecule has 2 heterocycles. The van der Waals surface area contributed by atoms with E-state index < -0.39 is 38.5 Å². The van der Waals surface area contributed by atoms with E-state index in [1.165, 1.54) is 19.2 Å². The molecule has 2 atom stereocenters. The van der Waals surface area contributed by atoms with Crippen molar-refractivity contribution in [1.29, 1.82) is 0 Å². The van der Waals surface area contributed by atoms with E-state index in [0.717, 1.165) is 27.8 Å². The third-order valence-corrected chi connectivity index (χ3v) is 7.26. The fraction of sp³-hybridized carbons (Fsp3) is 0.292. The molecule has 0 aliphatic rings. The van der Waals surface area contributed by atoms with Gasteiger partial charge in [0.2, 0.25) is 16.0 Å². The third kappa shape index (κ3) is 5.70. The zero-order valence-electron chi connectivity index (χ0n) is 20.6. The first-order chi connectivity index (χ1) is 17.0. The summed E-state index contributed by atoms with van der Waals surface area (Å²) in [5.41, 5.74) is 1.52. The lowest BCUT2D eigenvalue weighted by Gasteiger charge is -2.21. The van der Waals surface area contributed by atoms with Crippen LogP contribution in [0.15, 0.2) is 58.4 Å². The number of halogens is 2. The Bertz CT molecular complexity index is 1420. The third-order valence-electron chi connectivity index (χ3n) is 5.41. The van der Waals surface area contributed by atoms with Gasteiger partial charge in [-0.05, 0) is 58.2 Å². The van der Waals surface area contributed by atoms with Gasteiger partial charge in [0.25, 0.3) is 0 Å². The van der Waals surface area contributed by atoms with Gasteiger partial charge in [0.15, 0.2) is 5.82 Å². The molecular weight excluding hydrogens is 488 g/mol. The molecule has 0 saturated heterocycles. The number of aliphatic imine (C=N–C) groups is 2. The number of para-hydroxylation sites is 1. The number of anilines is 1. The van der Waals surface area contributed by atoms with Crippen LogP contribution in [0, 0.1) is 24.5 Å². The lowest BCUT2D eigenvalue weighted by Crippen LogP contribution is -2.35. The quantitative estimate of drug-likeness (QED) is 0.345. The largest absolute Gasteiger partial charge is 0.264 e. The van der Waals surface area contributed by atoms with Crippen molar-refractivity contribution < 1.29 is 17.2 Å². The highest BCUT2D eigenvalue weighted by Gasteiger charge is 2.32. The highest BCUT2D eigenvalue weighted by molar-refractivity contribution is 7.93. The number of aryl methyl sites for hydroxylation is 1. The molecule has 3 aromatic rings. The maximum absolute atomic E-state index is 14.8. The Morgan fingerprint density at radius 3 is 2.42 bits per heavy atom. The van der Waals surface area contributed by atoms with Crippen LogP contribution in [0.3, 0.4) is 0 Å². The van der Waals surface area contributed by atoms with E-state index in [-0.39, 0.29) is 17.6 Å². The van der Waals surface area contributed by atoms with Gasteiger partial charge in [-0.3, -0.25) is 14.3 Å². The summed E-state index contributed by atoms with van der Waals surface area (Å²) < 4.78 is 59.7. The molecule has 3 rings (SSSR count). The number of sulfonamides is 1. The predicted octanol–water partition coefficient (Wildman–Crippen LogP) is 4.71. The smallest absolute Gasteiger partial charge is 0.243 e. The summed E-state index contributed by atoms with van der Waals surface area (Å²) >= 11 is 0. The Kier molecular flexibility index (Phi) is 8.08. The second-order valence-corrected chi connectivity index (χ2v) is 10.5. The van der Waals surface area contributed by atoms with Crippen molar-refractivity contribution >= 4 is 28.5 Å². The number of benzene rings is 1. The summed E-state index contributed by atoms with van der Waals surface area (Å²) in [5, 5.41) is 6.88. The Balaban J connectivity index is 2.11. The monoisotopic (exact) mass is 515 g/mol. The Morgan fingerprint density at radius 2 is 1.83 bits per heavy atom. The number of allylic oxidation sites excluding steroid dienone is 1. The summed E-state index contributed by atoms with van der Waals surface area (Å²) in [4.78, 5) is 12.2. The van der Waals surface area contributed by atoms with E-state index in [1.807, 2.05) is 13.8 Å². The van der Waals surface area contributed by atoms with Gasteiger partial charge < -0.3 is 0 Å². The van der Waals surface area contributed by atoms with Crippen molar-refractivity contribution in [2.45, 2.75) is 39.9 Å². The first-order valence-corrected chi connectivity index (χ1v) is 12.5. The molecular formula is C24H27F2N7O2S. The summed E-state index contributed by atoms with van der Waals surface area (Å²) in [6, 6.07) is 5.01. The second kappa shape index (κ2) is 10.9. The first kappa shape index (κ1) is 26.8. The lowest BCUT2D eigenvalue weighted by molar-refractivity contribution is 0.567. The van der Waals surface area contributed by atoms with Crippen LogP contribution in [0.2, 0.25) is 0 Å². The number of aromatic nitrogens is 4. The van der Waals surface area contributed by atoms with E-state index in [4.69, 9.17) is 0 Å². The van der Waals surface area contributed by atoms with Crippen LogP contribution in [0.5, 0.6) is 0 Å². The average Bonchev–Trinajstić information content (AvgIpc) is 3.21. The maximum Gasteiger partial charge on any atom is 0.243 e. The summed E-state index contributed by atoms with van der Waals surface area (Å²) in [6.45, 7) is 12.1. The van der Waals surface area contributed by atoms with E-state index in [0.29, 0.717) is 5.56 Å². The molecule has 0 fully saturated rings. The average molecular weight is 516 g/mol. The molecule has 1 aromatic carbocycles. The van der Waals surface area contributed by atoms with Crippen LogP contribution in [0.1, 0.15) is 33.3 Å². The number of pyridine rings is 1. The number of rotatable bonds is 8. The molecule has 12 heteroatoms. The van der Waals surface area contributed by atoms with Gasteiger partial charge in [-0.25, -0.2) is 27.2 Å². The molecule has 0 spiro atoms. The van der Waals surface area contributed by atoms with E-state index in [2.05, 4.69) is 36.6 Å². The van der Waals surface area contributed by atoms with Crippen molar-refractivity contribution in [2.75, 3.05) is 4.72 Å². The topological polar surface area (TPSA) is 114 Å². The van der Waals surface area contributed by atoms with Gasteiger partial charge in [-0.15, -0.1) is 10.2 Å². The number of nitrogens with one attached hydrogen (secondary N) is 1. The fourth-order valence-electron chi connectivity index (χ4n) is 3.33. The first-order valence-electron chi connectivity index (χ1n) is 11.0. The Hall–Kier alpha value is -3.80. The van der Waals surface area contributed by atoms with Gasteiger partial charge >= 0.3 is 0 Å². The SMILES string of the molecule is C=NC(=NC=C(C)C)[C@@H](C)[C@H](C)S(=O)(=O)Nc1nnc(-c2cncc(C)c2)n1-c1c(F)cccc1F. The second-order valence-electron chi connectivity index (χ2n) is 8.50. The molecule has 0 aliphatic carbocycles. The van der Waals surface area contributed by atoms with Crippen molar-refractivity contribution in [3.8, 4) is 17.1 Å². The normalized spacial score (nSPS) is 13.7. The van der Waals surface area contributed by atoms with Gasteiger partial charge in [-0.1, -0.05) is 18.6 Å².